The highest BCUT2D eigenvalue weighted by atomic mass is 15.3. The molecule has 2 aromatic rings. The third kappa shape index (κ3) is 5.98. The van der Waals surface area contributed by atoms with Gasteiger partial charge in [0.25, 0.3) is 0 Å². The van der Waals surface area contributed by atoms with E-state index in [2.05, 4.69) is 75.5 Å². The fourth-order valence-corrected chi connectivity index (χ4v) is 3.13. The largest absolute Gasteiger partial charge is 0.375 e. The number of rotatable bonds is 7. The van der Waals surface area contributed by atoms with Crippen molar-refractivity contribution in [2.24, 2.45) is 4.99 Å². The predicted octanol–water partition coefficient (Wildman–Crippen LogP) is 4.20. The van der Waals surface area contributed by atoms with Crippen LogP contribution in [0, 0.1) is 11.8 Å². The van der Waals surface area contributed by atoms with Crippen LogP contribution >= 0.6 is 0 Å². The second kappa shape index (κ2) is 11.0. The van der Waals surface area contributed by atoms with Crippen molar-refractivity contribution < 1.29 is 0 Å². The topological polar surface area (TPSA) is 81.2 Å². The molecule has 0 aliphatic carbocycles. The van der Waals surface area contributed by atoms with E-state index >= 15 is 0 Å². The summed E-state index contributed by atoms with van der Waals surface area (Å²) < 4.78 is 0. The van der Waals surface area contributed by atoms with E-state index in [0.29, 0.717) is 11.6 Å². The number of hydrogen-bond donors (Lipinski definition) is 3. The monoisotopic (exact) mass is 417 g/mol. The van der Waals surface area contributed by atoms with Gasteiger partial charge in [-0.25, -0.2) is 4.99 Å². The van der Waals surface area contributed by atoms with Crippen LogP contribution in [0.5, 0.6) is 0 Å². The molecule has 0 radical (unpaired) electrons. The zero-order valence-electron chi connectivity index (χ0n) is 18.7. The highest BCUT2D eigenvalue weighted by Crippen LogP contribution is 2.21. The number of hydrogen-bond acceptors (Lipinski definition) is 6. The summed E-state index contributed by atoms with van der Waals surface area (Å²) in [4.78, 5) is 11.6. The van der Waals surface area contributed by atoms with Crippen LogP contribution in [0.2, 0.25) is 0 Å². The van der Waals surface area contributed by atoms with Crippen molar-refractivity contribution in [1.29, 1.82) is 0 Å². The Morgan fingerprint density at radius 1 is 1.32 bits per heavy atom. The van der Waals surface area contributed by atoms with Gasteiger partial charge in [0.2, 0.25) is 0 Å². The highest BCUT2D eigenvalue weighted by Gasteiger charge is 2.25. The number of aromatic amines is 1. The molecule has 0 fully saturated rings. The lowest BCUT2D eigenvalue weighted by atomic mass is 10.1. The van der Waals surface area contributed by atoms with Gasteiger partial charge in [-0.2, -0.15) is 5.10 Å². The van der Waals surface area contributed by atoms with E-state index < -0.39 is 0 Å². The molecule has 31 heavy (non-hydrogen) atoms. The van der Waals surface area contributed by atoms with Crippen molar-refractivity contribution >= 4 is 11.7 Å². The van der Waals surface area contributed by atoms with Crippen molar-refractivity contribution in [2.45, 2.75) is 52.1 Å². The number of amidine groups is 1. The number of aliphatic imine (C=N–C) groups is 1. The van der Waals surface area contributed by atoms with Gasteiger partial charge < -0.3 is 15.5 Å². The number of likely N-dealkylation sites (N-methyl/N-ethyl adjacent to an activating group) is 1. The lowest BCUT2D eigenvalue weighted by Crippen LogP contribution is -2.45. The lowest BCUT2D eigenvalue weighted by molar-refractivity contribution is 0.380. The van der Waals surface area contributed by atoms with E-state index in [-0.39, 0.29) is 12.1 Å². The Morgan fingerprint density at radius 3 is 2.94 bits per heavy atom. The first-order valence-corrected chi connectivity index (χ1v) is 10.8. The van der Waals surface area contributed by atoms with Crippen molar-refractivity contribution in [3.05, 3.63) is 66.0 Å². The molecule has 2 aromatic heterocycles. The fraction of sp³-hybridized carbons (Fsp3) is 0.375. The minimum atomic E-state index is -0.0173. The second-order valence-corrected chi connectivity index (χ2v) is 7.37. The quantitative estimate of drug-likeness (QED) is 0.465. The van der Waals surface area contributed by atoms with E-state index in [1.807, 2.05) is 43.7 Å². The van der Waals surface area contributed by atoms with E-state index in [1.165, 1.54) is 0 Å². The minimum Gasteiger partial charge on any atom is -0.375 e. The molecule has 0 amide bonds. The van der Waals surface area contributed by atoms with Crippen LogP contribution in [0.15, 0.2) is 59.6 Å². The van der Waals surface area contributed by atoms with E-state index in [9.17, 15) is 0 Å². The van der Waals surface area contributed by atoms with E-state index in [0.717, 1.165) is 36.5 Å². The highest BCUT2D eigenvalue weighted by molar-refractivity contribution is 5.91. The second-order valence-electron chi connectivity index (χ2n) is 7.37. The molecule has 0 spiro atoms. The number of anilines is 1. The summed E-state index contributed by atoms with van der Waals surface area (Å²) in [6.07, 6.45) is 10.9. The molecule has 1 aliphatic heterocycles. The SMILES string of the molecule is CC/C=C/C1NC=C(Nc2cc(C#CCCC)[nH]n2)N=C1N(C)C(C)c1ccccn1. The van der Waals surface area contributed by atoms with Gasteiger partial charge >= 0.3 is 0 Å². The van der Waals surface area contributed by atoms with Crippen LogP contribution in [0.25, 0.3) is 0 Å². The number of H-pyrrole nitrogens is 1. The molecule has 0 bridgehead atoms. The number of allylic oxidation sites excluding steroid dienone is 1. The third-order valence-electron chi connectivity index (χ3n) is 4.97. The molecule has 3 heterocycles. The van der Waals surface area contributed by atoms with Crippen LogP contribution in [0.1, 0.15) is 57.5 Å². The summed E-state index contributed by atoms with van der Waals surface area (Å²) in [5.74, 6) is 8.49. The number of pyridine rings is 1. The zero-order valence-corrected chi connectivity index (χ0v) is 18.7. The molecule has 7 heteroatoms. The van der Waals surface area contributed by atoms with Gasteiger partial charge in [0, 0.05) is 31.9 Å². The number of aromatic nitrogens is 3. The van der Waals surface area contributed by atoms with Crippen molar-refractivity contribution in [1.82, 2.24) is 25.4 Å². The molecule has 162 valence electrons. The van der Waals surface area contributed by atoms with Gasteiger partial charge in [0.1, 0.15) is 23.4 Å². The van der Waals surface area contributed by atoms with Crippen LogP contribution < -0.4 is 10.6 Å². The Kier molecular flexibility index (Phi) is 7.88. The molecule has 0 saturated heterocycles. The van der Waals surface area contributed by atoms with Gasteiger partial charge in [-0.1, -0.05) is 38.0 Å². The van der Waals surface area contributed by atoms with E-state index in [4.69, 9.17) is 4.99 Å². The average Bonchev–Trinajstić information content (AvgIpc) is 3.25. The standard InChI is InChI=1S/C24H31N7/c1-5-7-9-12-19-16-22(30-29-19)27-23-17-26-21(13-8-6-2)24(28-23)31(4)18(3)20-14-10-11-15-25-20/h8,10-11,13-18,21,26H,5-7H2,1-4H3,(H2,27,29,30)/b13-8+. The molecule has 3 N–H and O–H groups in total. The molecule has 3 rings (SSSR count). The molecule has 2 atom stereocenters. The van der Waals surface area contributed by atoms with Gasteiger partial charge in [-0.05, 0) is 37.8 Å². The van der Waals surface area contributed by atoms with Gasteiger partial charge in [0.05, 0.1) is 11.7 Å². The maximum Gasteiger partial charge on any atom is 0.154 e. The molecule has 7 nitrogen and oxygen atoms in total. The van der Waals surface area contributed by atoms with Crippen LogP contribution in [-0.2, 0) is 0 Å². The zero-order chi connectivity index (χ0) is 22.1. The Labute approximate surface area is 184 Å². The summed E-state index contributed by atoms with van der Waals surface area (Å²) in [6, 6.07) is 7.92. The third-order valence-corrected chi connectivity index (χ3v) is 4.97. The van der Waals surface area contributed by atoms with Gasteiger partial charge in [0.15, 0.2) is 5.82 Å². The molecular formula is C24H31N7. The summed E-state index contributed by atoms with van der Waals surface area (Å²) >= 11 is 0. The first-order valence-electron chi connectivity index (χ1n) is 10.8. The normalized spacial score (nSPS) is 16.6. The van der Waals surface area contributed by atoms with Gasteiger partial charge in [-0.15, -0.1) is 0 Å². The number of unbranched alkanes of at least 4 members (excludes halogenated alkanes) is 1. The van der Waals surface area contributed by atoms with Crippen molar-refractivity contribution in [3.8, 4) is 11.8 Å². The molecule has 0 saturated carbocycles. The molecule has 0 aromatic carbocycles. The van der Waals surface area contributed by atoms with Crippen LogP contribution in [0.3, 0.4) is 0 Å². The average molecular weight is 418 g/mol. The number of nitrogens with one attached hydrogen (secondary N) is 3. The lowest BCUT2D eigenvalue weighted by Gasteiger charge is -2.33. The Balaban J connectivity index is 1.79. The molecule has 2 unspecified atom stereocenters. The Hall–Kier alpha value is -3.53. The molecule has 1 aliphatic rings. The van der Waals surface area contributed by atoms with Crippen LogP contribution in [-0.4, -0.2) is 39.0 Å². The summed E-state index contributed by atoms with van der Waals surface area (Å²) in [5.41, 5.74) is 1.78. The smallest absolute Gasteiger partial charge is 0.154 e. The number of nitrogens with zero attached hydrogens (tertiary/aromatic N) is 4. The molecular weight excluding hydrogens is 386 g/mol. The maximum absolute atomic E-state index is 4.90. The first-order chi connectivity index (χ1) is 15.1. The van der Waals surface area contributed by atoms with Crippen LogP contribution in [0.4, 0.5) is 5.82 Å². The first kappa shape index (κ1) is 22.2. The summed E-state index contributed by atoms with van der Waals surface area (Å²) in [5, 5.41) is 14.0. The Morgan fingerprint density at radius 2 is 2.19 bits per heavy atom. The van der Waals surface area contributed by atoms with Crippen molar-refractivity contribution in [3.63, 3.8) is 0 Å². The predicted molar refractivity (Wildman–Crippen MR) is 126 cm³/mol. The fourth-order valence-electron chi connectivity index (χ4n) is 3.13. The van der Waals surface area contributed by atoms with E-state index in [1.54, 1.807) is 0 Å². The van der Waals surface area contributed by atoms with Gasteiger partial charge in [-0.3, -0.25) is 10.1 Å². The van der Waals surface area contributed by atoms with Crippen molar-refractivity contribution in [2.75, 3.05) is 12.4 Å². The summed E-state index contributed by atoms with van der Waals surface area (Å²) in [7, 11) is 2.05. The Bertz CT molecular complexity index is 992. The minimum absolute atomic E-state index is 0.0173. The maximum atomic E-state index is 4.90. The summed E-state index contributed by atoms with van der Waals surface area (Å²) in [6.45, 7) is 6.37.